The Hall–Kier alpha value is -2.28. The van der Waals surface area contributed by atoms with Gasteiger partial charge in [-0.1, -0.05) is 0 Å². The van der Waals surface area contributed by atoms with Crippen molar-refractivity contribution in [2.75, 3.05) is 5.73 Å². The largest absolute Gasteiger partial charge is 0.481 e. The number of rotatable bonds is 5. The number of nitrogens with two attached hydrogens (primary N) is 2. The number of amides is 1. The highest BCUT2D eigenvalue weighted by Gasteiger charge is 2.62. The molecule has 0 aromatic rings. The van der Waals surface area contributed by atoms with Crippen molar-refractivity contribution in [1.82, 2.24) is 14.5 Å². The van der Waals surface area contributed by atoms with Crippen molar-refractivity contribution in [1.29, 1.82) is 0 Å². The quantitative estimate of drug-likeness (QED) is 0.368. The van der Waals surface area contributed by atoms with Gasteiger partial charge in [-0.05, 0) is 78.1 Å². The van der Waals surface area contributed by atoms with Crippen LogP contribution in [0.3, 0.4) is 0 Å². The summed E-state index contributed by atoms with van der Waals surface area (Å²) in [5.41, 5.74) is 10.9. The third kappa shape index (κ3) is 3.33. The van der Waals surface area contributed by atoms with Gasteiger partial charge in [-0.3, -0.25) is 14.2 Å². The van der Waals surface area contributed by atoms with E-state index in [1.807, 2.05) is 0 Å². The number of primary amides is 1. The number of fused-ring (bicyclic) bond motifs is 1. The molecule has 3 aliphatic heterocycles. The van der Waals surface area contributed by atoms with Gasteiger partial charge in [0.2, 0.25) is 0 Å². The second-order valence-corrected chi connectivity index (χ2v) is 11.9. The Balaban J connectivity index is 1.30. The third-order valence-electron chi connectivity index (χ3n) is 8.83. The lowest BCUT2D eigenvalue weighted by Crippen LogP contribution is -2.56. The molecule has 7 rings (SSSR count). The number of carboxylic acids is 1. The molecule has 0 aromatic carbocycles. The van der Waals surface area contributed by atoms with E-state index in [0.29, 0.717) is 24.7 Å². The monoisotopic (exact) mass is 549 g/mol. The van der Waals surface area contributed by atoms with Gasteiger partial charge >= 0.3 is 5.97 Å². The number of ether oxygens (including phenoxy) is 1. The van der Waals surface area contributed by atoms with Crippen LogP contribution >= 0.6 is 15.9 Å². The summed E-state index contributed by atoms with van der Waals surface area (Å²) in [4.78, 5) is 32.7. The molecule has 11 nitrogen and oxygen atoms in total. The molecule has 1 saturated heterocycles. The lowest BCUT2D eigenvalue weighted by Gasteiger charge is -2.61. The van der Waals surface area contributed by atoms with Crippen LogP contribution in [-0.4, -0.2) is 60.0 Å². The van der Waals surface area contributed by atoms with Crippen molar-refractivity contribution >= 4 is 33.6 Å². The van der Waals surface area contributed by atoms with Gasteiger partial charge in [0.1, 0.15) is 34.8 Å². The van der Waals surface area contributed by atoms with E-state index in [1.54, 1.807) is 0 Å². The van der Waals surface area contributed by atoms with Gasteiger partial charge < -0.3 is 31.5 Å². The molecule has 1 amide bonds. The number of anilines is 1. The van der Waals surface area contributed by atoms with E-state index in [4.69, 9.17) is 16.2 Å². The van der Waals surface area contributed by atoms with Crippen LogP contribution in [0.1, 0.15) is 61.5 Å². The number of nitrogen functional groups attached to an aromatic ring is 1. The second-order valence-electron chi connectivity index (χ2n) is 11.2. The molecule has 0 radical (unpaired) electrons. The molecule has 4 saturated carbocycles. The van der Waals surface area contributed by atoms with Crippen LogP contribution in [0, 0.1) is 22.7 Å². The molecule has 12 heteroatoms. The first-order chi connectivity index (χ1) is 16.5. The van der Waals surface area contributed by atoms with Crippen molar-refractivity contribution < 1.29 is 29.6 Å². The number of nitrogens with zero attached hydrogens (tertiary/aromatic N) is 3. The summed E-state index contributed by atoms with van der Waals surface area (Å²) in [5.74, 6) is -0.397. The first kappa shape index (κ1) is 23.1. The Labute approximate surface area is 209 Å². The summed E-state index contributed by atoms with van der Waals surface area (Å²) < 4.78 is 7.88. The van der Waals surface area contributed by atoms with E-state index < -0.39 is 41.8 Å². The van der Waals surface area contributed by atoms with Crippen LogP contribution in [0.25, 0.3) is 11.4 Å². The highest BCUT2D eigenvalue weighted by atomic mass is 79.9. The summed E-state index contributed by atoms with van der Waals surface area (Å²) in [6.45, 7) is 0. The standard InChI is InChI=1S/C23H28BrN5O6/c24-16-12(18(26)32)13-17(25)27-8-29(19(13)28-16)20-15(31)14(30)11(35-20)6-22-2-9-1-10(3-22)5-23(4-9,7-22)21(33)34/h8-11,14-15,20,30-31H,1-7,25H2,(H2,26,32)(H,33,34)/t9-,10-,11-,14+,15-,20-,22?,23?/m0/s1. The molecule has 188 valence electrons. The Kier molecular flexibility index (Phi) is 5.03. The highest BCUT2D eigenvalue weighted by molar-refractivity contribution is 9.10. The average Bonchev–Trinajstić information content (AvgIpc) is 3.25. The molecular formula is C23H28BrN5O6. The minimum absolute atomic E-state index is 0.0559. The predicted octanol–water partition coefficient (Wildman–Crippen LogP) is 1.51. The normalized spacial score (nSPS) is 40.0. The molecule has 0 spiro atoms. The summed E-state index contributed by atoms with van der Waals surface area (Å²) in [5, 5.41) is 32.0. The lowest BCUT2D eigenvalue weighted by atomic mass is 9.43. The number of hydrogen-bond donors (Lipinski definition) is 5. The maximum absolute atomic E-state index is 12.2. The minimum Gasteiger partial charge on any atom is -0.481 e. The first-order valence-corrected chi connectivity index (χ1v) is 12.7. The maximum Gasteiger partial charge on any atom is 0.309 e. The summed E-state index contributed by atoms with van der Waals surface area (Å²) in [6, 6.07) is 0. The number of carboxylic acid groups (broad SMARTS) is 1. The zero-order chi connectivity index (χ0) is 24.9. The van der Waals surface area contributed by atoms with E-state index in [0.717, 1.165) is 32.1 Å². The second kappa shape index (κ2) is 7.61. The number of aromatic nitrogens is 3. The summed E-state index contributed by atoms with van der Waals surface area (Å²) >= 11 is 3.24. The van der Waals surface area contributed by atoms with E-state index in [2.05, 4.69) is 25.9 Å². The molecule has 5 fully saturated rings. The topological polar surface area (TPSA) is 187 Å². The molecule has 7 N–H and O–H groups in total. The number of hydrogen-bond acceptors (Lipinski definition) is 8. The molecule has 4 aliphatic carbocycles. The zero-order valence-electron chi connectivity index (χ0n) is 18.9. The van der Waals surface area contributed by atoms with Crippen LogP contribution in [0.15, 0.2) is 10.9 Å². The van der Waals surface area contributed by atoms with E-state index in [-0.39, 0.29) is 32.8 Å². The maximum atomic E-state index is 12.2. The number of carbonyl (C=O) groups is 2. The fourth-order valence-corrected chi connectivity index (χ4v) is 8.56. The van der Waals surface area contributed by atoms with Crippen molar-refractivity contribution in [2.24, 2.45) is 28.4 Å². The molecule has 0 unspecified atom stereocenters. The molecule has 0 aromatic heterocycles. The van der Waals surface area contributed by atoms with E-state index in [9.17, 15) is 24.9 Å². The highest BCUT2D eigenvalue weighted by Crippen LogP contribution is 2.67. The fraction of sp³-hybridized carbons (Fsp3) is 0.652. The van der Waals surface area contributed by atoms with Crippen LogP contribution in [0.5, 0.6) is 0 Å². The Morgan fingerprint density at radius 3 is 2.51 bits per heavy atom. The van der Waals surface area contributed by atoms with Gasteiger partial charge in [-0.2, -0.15) is 0 Å². The van der Waals surface area contributed by atoms with Gasteiger partial charge in [-0.15, -0.1) is 0 Å². The summed E-state index contributed by atoms with van der Waals surface area (Å²) in [7, 11) is 0. The molecule has 7 aliphatic rings. The lowest BCUT2D eigenvalue weighted by molar-refractivity contribution is -0.180. The summed E-state index contributed by atoms with van der Waals surface area (Å²) in [6.07, 6.45) is 2.61. The van der Waals surface area contributed by atoms with Crippen molar-refractivity contribution in [3.05, 3.63) is 16.5 Å². The van der Waals surface area contributed by atoms with Crippen molar-refractivity contribution in [3.63, 3.8) is 0 Å². The third-order valence-corrected chi connectivity index (χ3v) is 9.41. The minimum atomic E-state index is -1.28. The number of carbonyl (C=O) groups excluding carboxylic acids is 1. The van der Waals surface area contributed by atoms with Gasteiger partial charge in [0, 0.05) is 0 Å². The van der Waals surface area contributed by atoms with Crippen LogP contribution < -0.4 is 11.5 Å². The van der Waals surface area contributed by atoms with Crippen LogP contribution in [0.2, 0.25) is 0 Å². The molecule has 4 bridgehead atoms. The van der Waals surface area contributed by atoms with Gasteiger partial charge in [-0.25, -0.2) is 9.97 Å². The number of halogens is 1. The molecule has 6 atom stereocenters. The Bertz CT molecular complexity index is 1190. The number of aliphatic hydroxyl groups excluding tert-OH is 2. The Morgan fingerprint density at radius 1 is 1.20 bits per heavy atom. The Morgan fingerprint density at radius 2 is 1.89 bits per heavy atom. The van der Waals surface area contributed by atoms with E-state index >= 15 is 0 Å². The molecule has 35 heavy (non-hydrogen) atoms. The number of aliphatic carboxylic acids is 1. The fourth-order valence-electron chi connectivity index (χ4n) is 8.00. The zero-order valence-corrected chi connectivity index (χ0v) is 20.5. The molecule has 3 heterocycles. The molecular weight excluding hydrogens is 522 g/mol. The van der Waals surface area contributed by atoms with Gasteiger partial charge in [0.05, 0.1) is 22.6 Å². The average molecular weight is 550 g/mol. The van der Waals surface area contributed by atoms with Gasteiger partial charge in [0.15, 0.2) is 6.23 Å². The predicted molar refractivity (Wildman–Crippen MR) is 125 cm³/mol. The van der Waals surface area contributed by atoms with Crippen molar-refractivity contribution in [2.45, 2.75) is 69.5 Å². The smallest absolute Gasteiger partial charge is 0.309 e. The van der Waals surface area contributed by atoms with Crippen LogP contribution in [-0.2, 0) is 9.53 Å². The van der Waals surface area contributed by atoms with Crippen molar-refractivity contribution in [3.8, 4) is 11.4 Å². The van der Waals surface area contributed by atoms with E-state index in [1.165, 1.54) is 10.9 Å². The first-order valence-electron chi connectivity index (χ1n) is 11.9. The SMILES string of the molecule is NC(=O)c1c(Br)nc2n([C@H]3O[C@@H](CC45C[C@@H]6C[C@@H](C4)CC(C(=O)O)(C6)C5)[C@@H](O)[C@@H]3O)cnc(N)c1-2. The van der Waals surface area contributed by atoms with Gasteiger partial charge in [0.25, 0.3) is 5.91 Å². The van der Waals surface area contributed by atoms with Crippen LogP contribution in [0.4, 0.5) is 5.82 Å². The number of aliphatic hydroxyl groups is 2.